The lowest BCUT2D eigenvalue weighted by Gasteiger charge is -2.31. The van der Waals surface area contributed by atoms with Crippen LogP contribution in [0.1, 0.15) is 36.0 Å². The number of benzene rings is 1. The van der Waals surface area contributed by atoms with Crippen LogP contribution in [0, 0.1) is 0 Å². The number of hydrogen-bond acceptors (Lipinski definition) is 6. The van der Waals surface area contributed by atoms with Crippen LogP contribution in [0.25, 0.3) is 0 Å². The molecule has 1 aliphatic heterocycles. The van der Waals surface area contributed by atoms with Crippen LogP contribution >= 0.6 is 0 Å². The summed E-state index contributed by atoms with van der Waals surface area (Å²) < 4.78 is 12.9. The number of hydrogen-bond donors (Lipinski definition) is 1. The lowest BCUT2D eigenvalue weighted by molar-refractivity contribution is 0.174. The fourth-order valence-corrected chi connectivity index (χ4v) is 3.39. The summed E-state index contributed by atoms with van der Waals surface area (Å²) in [5.74, 6) is 4.14. The molecule has 2 aromatic rings. The summed E-state index contributed by atoms with van der Waals surface area (Å²) in [5.41, 5.74) is 7.07. The molecule has 2 N–H and O–H groups in total. The number of ether oxygens (including phenoxy) is 2. The quantitative estimate of drug-likeness (QED) is 0.893. The van der Waals surface area contributed by atoms with Gasteiger partial charge in [-0.1, -0.05) is 6.07 Å². The first kappa shape index (κ1) is 15.4. The molecule has 1 aromatic heterocycles. The molecule has 1 aromatic carbocycles. The molecule has 7 nitrogen and oxygen atoms in total. The molecule has 7 heteroatoms. The summed E-state index contributed by atoms with van der Waals surface area (Å²) in [6.45, 7) is 1.87. The highest BCUT2D eigenvalue weighted by molar-refractivity contribution is 5.44. The van der Waals surface area contributed by atoms with Gasteiger partial charge in [0.1, 0.15) is 11.6 Å². The summed E-state index contributed by atoms with van der Waals surface area (Å²) in [6, 6.07) is 6.40. The first-order chi connectivity index (χ1) is 11.6. The Morgan fingerprint density at radius 2 is 2.00 bits per heavy atom. The minimum absolute atomic E-state index is 0.307. The Labute approximate surface area is 141 Å². The van der Waals surface area contributed by atoms with E-state index in [0.717, 1.165) is 49.1 Å². The zero-order chi connectivity index (χ0) is 16.7. The average molecular weight is 329 g/mol. The molecular weight excluding hydrogens is 306 g/mol. The van der Waals surface area contributed by atoms with Crippen LogP contribution in [-0.2, 0) is 20.1 Å². The lowest BCUT2D eigenvalue weighted by atomic mass is 9.80. The highest BCUT2D eigenvalue weighted by atomic mass is 16.7. The van der Waals surface area contributed by atoms with Crippen LogP contribution in [0.3, 0.4) is 0 Å². The standard InChI is InChI=1S/C17H23N5O2/c1-21(8-11-3-4-14-15(5-11)24-10-23-14)9-16-19-20-17(22(16)2)12-6-13(18)7-12/h3-5,12-13H,6-10,18H2,1-2H3. The van der Waals surface area contributed by atoms with E-state index in [1.807, 2.05) is 19.2 Å². The Kier molecular flexibility index (Phi) is 3.90. The second kappa shape index (κ2) is 6.07. The molecular formula is C17H23N5O2. The van der Waals surface area contributed by atoms with Crippen molar-refractivity contribution in [3.63, 3.8) is 0 Å². The van der Waals surface area contributed by atoms with Gasteiger partial charge in [-0.2, -0.15) is 0 Å². The molecule has 1 aliphatic carbocycles. The maximum atomic E-state index is 5.88. The first-order valence-corrected chi connectivity index (χ1v) is 8.31. The molecule has 0 spiro atoms. The summed E-state index contributed by atoms with van der Waals surface area (Å²) in [5, 5.41) is 8.74. The van der Waals surface area contributed by atoms with Gasteiger partial charge >= 0.3 is 0 Å². The van der Waals surface area contributed by atoms with Crippen molar-refractivity contribution in [3.8, 4) is 11.5 Å². The van der Waals surface area contributed by atoms with Gasteiger partial charge in [0.25, 0.3) is 0 Å². The van der Waals surface area contributed by atoms with Gasteiger partial charge in [0.15, 0.2) is 11.5 Å². The van der Waals surface area contributed by atoms with E-state index in [4.69, 9.17) is 15.2 Å². The highest BCUT2D eigenvalue weighted by Gasteiger charge is 2.31. The molecule has 2 aliphatic rings. The van der Waals surface area contributed by atoms with Crippen LogP contribution < -0.4 is 15.2 Å². The van der Waals surface area contributed by atoms with Crippen molar-refractivity contribution in [2.45, 2.75) is 37.9 Å². The monoisotopic (exact) mass is 329 g/mol. The predicted molar refractivity (Wildman–Crippen MR) is 88.7 cm³/mol. The Morgan fingerprint density at radius 1 is 1.21 bits per heavy atom. The van der Waals surface area contributed by atoms with E-state index < -0.39 is 0 Å². The summed E-state index contributed by atoms with van der Waals surface area (Å²) in [6.07, 6.45) is 2.03. The van der Waals surface area contributed by atoms with E-state index in [2.05, 4.69) is 32.8 Å². The Balaban J connectivity index is 1.40. The van der Waals surface area contributed by atoms with E-state index in [1.165, 1.54) is 5.56 Å². The fourth-order valence-electron chi connectivity index (χ4n) is 3.39. The molecule has 0 atom stereocenters. The number of rotatable bonds is 5. The van der Waals surface area contributed by atoms with E-state index in [0.29, 0.717) is 18.8 Å². The summed E-state index contributed by atoms with van der Waals surface area (Å²) >= 11 is 0. The Morgan fingerprint density at radius 3 is 2.79 bits per heavy atom. The zero-order valence-electron chi connectivity index (χ0n) is 14.1. The van der Waals surface area contributed by atoms with E-state index in [9.17, 15) is 0 Å². The molecule has 2 heterocycles. The normalized spacial score (nSPS) is 22.0. The molecule has 0 unspecified atom stereocenters. The van der Waals surface area contributed by atoms with Crippen LogP contribution in [-0.4, -0.2) is 39.5 Å². The minimum atomic E-state index is 0.307. The van der Waals surface area contributed by atoms with E-state index >= 15 is 0 Å². The van der Waals surface area contributed by atoms with Crippen molar-refractivity contribution in [1.29, 1.82) is 0 Å². The van der Waals surface area contributed by atoms with E-state index in [-0.39, 0.29) is 0 Å². The molecule has 0 bridgehead atoms. The van der Waals surface area contributed by atoms with Crippen LogP contribution in [0.5, 0.6) is 11.5 Å². The third-order valence-corrected chi connectivity index (χ3v) is 4.84. The Bertz CT molecular complexity index is 739. The lowest BCUT2D eigenvalue weighted by Crippen LogP contribution is -2.36. The second-order valence-electron chi connectivity index (χ2n) is 6.82. The van der Waals surface area contributed by atoms with Gasteiger partial charge in [-0.15, -0.1) is 10.2 Å². The van der Waals surface area contributed by atoms with Crippen LogP contribution in [0.2, 0.25) is 0 Å². The highest BCUT2D eigenvalue weighted by Crippen LogP contribution is 2.35. The SMILES string of the molecule is CN(Cc1ccc2c(c1)OCO2)Cc1nnc(C2CC(N)C2)n1C. The first-order valence-electron chi connectivity index (χ1n) is 8.31. The van der Waals surface area contributed by atoms with Crippen molar-refractivity contribution in [1.82, 2.24) is 19.7 Å². The van der Waals surface area contributed by atoms with Gasteiger partial charge in [0.2, 0.25) is 6.79 Å². The Hall–Kier alpha value is -2.12. The number of nitrogens with two attached hydrogens (primary N) is 1. The van der Waals surface area contributed by atoms with Gasteiger partial charge in [-0.05, 0) is 37.6 Å². The van der Waals surface area contributed by atoms with Gasteiger partial charge < -0.3 is 19.8 Å². The molecule has 0 radical (unpaired) electrons. The van der Waals surface area contributed by atoms with E-state index in [1.54, 1.807) is 0 Å². The van der Waals surface area contributed by atoms with Crippen molar-refractivity contribution in [2.24, 2.45) is 12.8 Å². The fraction of sp³-hybridized carbons (Fsp3) is 0.529. The molecule has 128 valence electrons. The van der Waals surface area contributed by atoms with Crippen LogP contribution in [0.15, 0.2) is 18.2 Å². The third-order valence-electron chi connectivity index (χ3n) is 4.84. The second-order valence-corrected chi connectivity index (χ2v) is 6.82. The molecule has 1 fully saturated rings. The molecule has 24 heavy (non-hydrogen) atoms. The molecule has 0 amide bonds. The molecule has 1 saturated carbocycles. The van der Waals surface area contributed by atoms with Gasteiger partial charge in [0, 0.05) is 25.6 Å². The minimum Gasteiger partial charge on any atom is -0.454 e. The van der Waals surface area contributed by atoms with Crippen LogP contribution in [0.4, 0.5) is 0 Å². The van der Waals surface area contributed by atoms with Crippen molar-refractivity contribution in [2.75, 3.05) is 13.8 Å². The third kappa shape index (κ3) is 2.85. The van der Waals surface area contributed by atoms with Crippen molar-refractivity contribution < 1.29 is 9.47 Å². The number of fused-ring (bicyclic) bond motifs is 1. The molecule has 0 saturated heterocycles. The largest absolute Gasteiger partial charge is 0.454 e. The zero-order valence-corrected chi connectivity index (χ0v) is 14.1. The predicted octanol–water partition coefficient (Wildman–Crippen LogP) is 1.38. The van der Waals surface area contributed by atoms with Crippen molar-refractivity contribution in [3.05, 3.63) is 35.4 Å². The maximum Gasteiger partial charge on any atom is 0.231 e. The smallest absolute Gasteiger partial charge is 0.231 e. The average Bonchev–Trinajstić information content (AvgIpc) is 3.11. The van der Waals surface area contributed by atoms with Crippen molar-refractivity contribution >= 4 is 0 Å². The molecule has 4 rings (SSSR count). The maximum absolute atomic E-state index is 5.88. The van der Waals surface area contributed by atoms with Gasteiger partial charge in [-0.3, -0.25) is 4.90 Å². The van der Waals surface area contributed by atoms with Gasteiger partial charge in [0.05, 0.1) is 6.54 Å². The summed E-state index contributed by atoms with van der Waals surface area (Å²) in [7, 11) is 4.13. The summed E-state index contributed by atoms with van der Waals surface area (Å²) in [4.78, 5) is 2.22. The topological polar surface area (TPSA) is 78.4 Å². The number of nitrogens with zero attached hydrogens (tertiary/aromatic N) is 4. The van der Waals surface area contributed by atoms with Gasteiger partial charge in [-0.25, -0.2) is 0 Å². The number of aromatic nitrogens is 3.